The van der Waals surface area contributed by atoms with Gasteiger partial charge in [-0.1, -0.05) is 34.5 Å². The molecule has 3 N–H and O–H groups in total. The van der Waals surface area contributed by atoms with Gasteiger partial charge in [-0.2, -0.15) is 13.2 Å². The molecule has 1 unspecified atom stereocenters. The van der Waals surface area contributed by atoms with Crippen molar-refractivity contribution in [2.75, 3.05) is 18.0 Å². The number of carbonyl (C=O) groups is 2. The van der Waals surface area contributed by atoms with Gasteiger partial charge in [0.2, 0.25) is 0 Å². The molecule has 1 saturated heterocycles. The molecule has 0 radical (unpaired) electrons. The van der Waals surface area contributed by atoms with Crippen LogP contribution >= 0.6 is 34.5 Å². The number of H-pyrrole nitrogens is 1. The molecule has 2 aliphatic rings. The van der Waals surface area contributed by atoms with E-state index in [4.69, 9.17) is 23.2 Å². The van der Waals surface area contributed by atoms with Gasteiger partial charge < -0.3 is 21.7 Å². The van der Waals surface area contributed by atoms with E-state index >= 15 is 0 Å². The van der Waals surface area contributed by atoms with Gasteiger partial charge in [0.05, 0.1) is 21.3 Å². The van der Waals surface area contributed by atoms with Gasteiger partial charge in [-0.25, -0.2) is 14.2 Å². The Balaban J connectivity index is 0.00000210. The zero-order valence-electron chi connectivity index (χ0n) is 20.9. The number of aryl methyl sites for hydroxylation is 1. The van der Waals surface area contributed by atoms with Crippen molar-refractivity contribution in [1.82, 2.24) is 15.3 Å². The molecule has 1 saturated carbocycles. The summed E-state index contributed by atoms with van der Waals surface area (Å²) in [6, 6.07) is 1.92. The number of halogens is 6. The SMILES string of the molecule is Cc1[nH]c(C(=O)NC2[C@H]3CN(c4nc(Cc5cc(C(F)(F)F)ccc5F)c(C(=O)O)s4)C[C@@H]23)c(Cl)c1Cl.[H-].[Li+]. The largest absolute Gasteiger partial charge is 1.00 e. The summed E-state index contributed by atoms with van der Waals surface area (Å²) in [6.45, 7) is 2.69. The second kappa shape index (κ2) is 10.4. The summed E-state index contributed by atoms with van der Waals surface area (Å²) in [5, 5.41) is 13.4. The first-order chi connectivity index (χ1) is 17.3. The molecule has 2 fully saturated rings. The quantitative estimate of drug-likeness (QED) is 0.305. The monoisotopic (exact) mass is 584 g/mol. The van der Waals surface area contributed by atoms with Crippen LogP contribution in [0.5, 0.6) is 0 Å². The number of aromatic nitrogens is 2. The third-order valence-corrected chi connectivity index (χ3v) is 8.75. The number of piperidine rings is 1. The minimum absolute atomic E-state index is 0. The molecule has 5 rings (SSSR count). The fraction of sp³-hybridized carbons (Fsp3) is 0.348. The van der Waals surface area contributed by atoms with Crippen molar-refractivity contribution < 1.29 is 52.5 Å². The van der Waals surface area contributed by atoms with Gasteiger partial charge in [-0.05, 0) is 30.7 Å². The van der Waals surface area contributed by atoms with Gasteiger partial charge in [0, 0.05) is 43.1 Å². The van der Waals surface area contributed by atoms with Gasteiger partial charge in [0.1, 0.15) is 16.4 Å². The summed E-state index contributed by atoms with van der Waals surface area (Å²) >= 11 is 13.0. The van der Waals surface area contributed by atoms with E-state index in [9.17, 15) is 32.3 Å². The van der Waals surface area contributed by atoms with Crippen LogP contribution in [-0.4, -0.2) is 46.1 Å². The normalized spacial score (nSPS) is 20.2. The molecule has 3 aromatic rings. The number of nitrogens with zero attached hydrogens (tertiary/aromatic N) is 2. The van der Waals surface area contributed by atoms with Gasteiger partial charge in [-0.15, -0.1) is 0 Å². The molecule has 15 heteroatoms. The molecule has 38 heavy (non-hydrogen) atoms. The van der Waals surface area contributed by atoms with E-state index in [-0.39, 0.29) is 75.9 Å². The third-order valence-electron chi connectivity index (χ3n) is 6.65. The Labute approximate surface area is 241 Å². The first kappa shape index (κ1) is 28.8. The number of thiazole rings is 1. The Hall–Kier alpha value is -2.23. The van der Waals surface area contributed by atoms with Crippen molar-refractivity contribution in [1.29, 1.82) is 0 Å². The van der Waals surface area contributed by atoms with Crippen molar-refractivity contribution in [3.05, 3.63) is 67.1 Å². The van der Waals surface area contributed by atoms with Crippen molar-refractivity contribution in [2.45, 2.75) is 25.6 Å². The van der Waals surface area contributed by atoms with Gasteiger partial charge >= 0.3 is 31.0 Å². The van der Waals surface area contributed by atoms with Crippen LogP contribution in [0.3, 0.4) is 0 Å². The Morgan fingerprint density at radius 1 is 1.26 bits per heavy atom. The van der Waals surface area contributed by atoms with Crippen molar-refractivity contribution >= 4 is 51.5 Å². The molecule has 3 heterocycles. The number of benzene rings is 1. The average molecular weight is 585 g/mol. The smallest absolute Gasteiger partial charge is 1.00 e. The number of hydrogen-bond donors (Lipinski definition) is 3. The van der Waals surface area contributed by atoms with E-state index in [1.807, 2.05) is 4.90 Å². The first-order valence-electron chi connectivity index (χ1n) is 11.0. The zero-order chi connectivity index (χ0) is 26.8. The second-order valence-corrected chi connectivity index (χ2v) is 10.8. The van der Waals surface area contributed by atoms with E-state index in [1.165, 1.54) is 0 Å². The Morgan fingerprint density at radius 3 is 2.47 bits per heavy atom. The number of aromatic amines is 1. The number of carboxylic acid groups (broad SMARTS) is 1. The maximum Gasteiger partial charge on any atom is 1.00 e. The number of fused-ring (bicyclic) bond motifs is 1. The molecule has 0 spiro atoms. The van der Waals surface area contributed by atoms with Crippen LogP contribution in [0.25, 0.3) is 0 Å². The van der Waals surface area contributed by atoms with Crippen LogP contribution in [0.2, 0.25) is 10.0 Å². The predicted octanol–water partition coefficient (Wildman–Crippen LogP) is 2.51. The summed E-state index contributed by atoms with van der Waals surface area (Å²) < 4.78 is 53.4. The number of amides is 1. The van der Waals surface area contributed by atoms with E-state index in [1.54, 1.807) is 6.92 Å². The van der Waals surface area contributed by atoms with Crippen LogP contribution in [-0.2, 0) is 12.6 Å². The maximum absolute atomic E-state index is 14.3. The molecule has 0 bridgehead atoms. The summed E-state index contributed by atoms with van der Waals surface area (Å²) in [4.78, 5) is 33.3. The third kappa shape index (κ3) is 5.29. The molecular weight excluding hydrogens is 566 g/mol. The van der Waals surface area contributed by atoms with Gasteiger partial charge in [0.15, 0.2) is 5.13 Å². The summed E-state index contributed by atoms with van der Waals surface area (Å²) in [5.74, 6) is -2.33. The Kier molecular flexibility index (Phi) is 7.87. The number of aromatic carboxylic acids is 1. The second-order valence-electron chi connectivity index (χ2n) is 9.04. The van der Waals surface area contributed by atoms with Crippen LogP contribution in [0, 0.1) is 24.6 Å². The van der Waals surface area contributed by atoms with E-state index in [0.29, 0.717) is 42.1 Å². The molecular formula is C23H19Cl2F4LiN4O3S. The Bertz CT molecular complexity index is 1420. The standard InChI is InChI=1S/C23H18Cl2F4N4O3S.Li.H/c1-8-15(24)16(25)18(30-8)20(34)32-17-11-6-33(7-12(11)17)22-31-14(19(37-22)21(35)36)5-9-4-10(23(27,28)29)2-3-13(9)26;;/h2-4,11-12,17,30H,5-7H2,1H3,(H,32,34)(H,35,36);;/q;+1;-1/t11-,12+,17?;;. The summed E-state index contributed by atoms with van der Waals surface area (Å²) in [7, 11) is 0. The number of carboxylic acids is 1. The van der Waals surface area contributed by atoms with Gasteiger partial charge in [-0.3, -0.25) is 4.79 Å². The molecule has 3 atom stereocenters. The first-order valence-corrected chi connectivity index (χ1v) is 12.6. The van der Waals surface area contributed by atoms with Crippen LogP contribution < -0.4 is 29.1 Å². The molecule has 1 amide bonds. The fourth-order valence-electron chi connectivity index (χ4n) is 4.68. The van der Waals surface area contributed by atoms with Crippen molar-refractivity contribution in [2.24, 2.45) is 11.8 Å². The van der Waals surface area contributed by atoms with E-state index in [2.05, 4.69) is 15.3 Å². The van der Waals surface area contributed by atoms with Crippen LogP contribution in [0.4, 0.5) is 22.7 Å². The minimum atomic E-state index is -4.66. The minimum Gasteiger partial charge on any atom is -1.00 e. The van der Waals surface area contributed by atoms with Crippen molar-refractivity contribution in [3.8, 4) is 0 Å². The van der Waals surface area contributed by atoms with E-state index < -0.39 is 29.9 Å². The topological polar surface area (TPSA) is 98.3 Å². The average Bonchev–Trinajstić information content (AvgIpc) is 3.19. The molecule has 2 aromatic heterocycles. The number of rotatable bonds is 6. The number of carbonyl (C=O) groups excluding carboxylic acids is 1. The zero-order valence-corrected chi connectivity index (χ0v) is 22.2. The summed E-state index contributed by atoms with van der Waals surface area (Å²) in [5.41, 5.74) is -0.562. The number of nitrogens with one attached hydrogen (secondary N) is 2. The molecule has 1 aromatic carbocycles. The Morgan fingerprint density at radius 2 is 1.92 bits per heavy atom. The van der Waals surface area contributed by atoms with Crippen LogP contribution in [0.1, 0.15) is 44.1 Å². The van der Waals surface area contributed by atoms with E-state index in [0.717, 1.165) is 11.3 Å². The summed E-state index contributed by atoms with van der Waals surface area (Å²) in [6.07, 6.45) is -5.06. The molecule has 7 nitrogen and oxygen atoms in total. The maximum atomic E-state index is 14.3. The molecule has 1 aliphatic heterocycles. The predicted molar refractivity (Wildman–Crippen MR) is 130 cm³/mol. The molecule has 198 valence electrons. The number of alkyl halides is 3. The van der Waals surface area contributed by atoms with Crippen LogP contribution in [0.15, 0.2) is 18.2 Å². The van der Waals surface area contributed by atoms with Crippen molar-refractivity contribution in [3.63, 3.8) is 0 Å². The number of hydrogen-bond acceptors (Lipinski definition) is 5. The fourth-order valence-corrected chi connectivity index (χ4v) is 6.03. The number of anilines is 1. The molecule has 1 aliphatic carbocycles. The van der Waals surface area contributed by atoms with Gasteiger partial charge in [0.25, 0.3) is 5.91 Å².